The number of hydrogen-bond donors (Lipinski definition) is 4. The van der Waals surface area contributed by atoms with Gasteiger partial charge >= 0.3 is 10.4 Å². The molecule has 0 radical (unpaired) electrons. The van der Waals surface area contributed by atoms with Gasteiger partial charge in [-0.1, -0.05) is 0 Å². The maximum atomic E-state index is 9.63. The van der Waals surface area contributed by atoms with E-state index < -0.39 is 32.9 Å². The molecule has 0 atom stereocenters. The second-order valence-electron chi connectivity index (χ2n) is 1.46. The Kier molecular flexibility index (Phi) is 6.42. The second kappa shape index (κ2) is 5.40. The fourth-order valence-corrected chi connectivity index (χ4v) is 0.346. The van der Waals surface area contributed by atoms with Gasteiger partial charge in [-0.3, -0.25) is 13.7 Å². The van der Waals surface area contributed by atoms with Crippen LogP contribution in [0.1, 0.15) is 0 Å². The molecule has 4 N–H and O–H groups in total. The summed E-state index contributed by atoms with van der Waals surface area (Å²) in [6.07, 6.45) is 0. The van der Waals surface area contributed by atoms with Gasteiger partial charge in [-0.15, -0.1) is 0 Å². The largest absolute Gasteiger partial charge is 0.395 e. The normalized spacial score (nSPS) is 11.7. The van der Waals surface area contributed by atoms with Crippen molar-refractivity contribution in [1.29, 1.82) is 0 Å². The van der Waals surface area contributed by atoms with Gasteiger partial charge < -0.3 is 5.11 Å². The lowest BCUT2D eigenvalue weighted by Crippen LogP contribution is -2.06. The van der Waals surface area contributed by atoms with E-state index in [1.54, 1.807) is 0 Å². The Morgan fingerprint density at radius 2 is 1.17 bits per heavy atom. The van der Waals surface area contributed by atoms with Gasteiger partial charge in [0.15, 0.2) is 0 Å². The lowest BCUT2D eigenvalue weighted by molar-refractivity contribution is 0.315. The van der Waals surface area contributed by atoms with Crippen molar-refractivity contribution in [2.45, 2.75) is 0 Å². The Hall–Kier alpha value is -0.260. The molecule has 0 saturated carbocycles. The summed E-state index contributed by atoms with van der Waals surface area (Å²) in [5.41, 5.74) is 0. The van der Waals surface area contributed by atoms with Crippen LogP contribution in [-0.4, -0.2) is 48.0 Å². The molecule has 0 aromatic carbocycles. The number of aliphatic hydroxyl groups excluding tert-OH is 1. The SMILES string of the molecule is O=S(=O)(O)CCO.O=S(=O)(O)O. The highest BCUT2D eigenvalue weighted by Gasteiger charge is 1.99. The lowest BCUT2D eigenvalue weighted by Gasteiger charge is -1.85. The molecule has 0 unspecified atom stereocenters. The Morgan fingerprint density at radius 3 is 1.17 bits per heavy atom. The molecule has 0 rings (SSSR count). The van der Waals surface area contributed by atoms with Crippen LogP contribution in [0.5, 0.6) is 0 Å². The zero-order valence-electron chi connectivity index (χ0n) is 5.65. The topological polar surface area (TPSA) is 149 Å². The Morgan fingerprint density at radius 1 is 0.917 bits per heavy atom. The molecule has 8 nitrogen and oxygen atoms in total. The molecule has 0 bridgehead atoms. The third-order valence-corrected chi connectivity index (χ3v) is 1.05. The predicted octanol–water partition coefficient (Wildman–Crippen LogP) is -1.79. The van der Waals surface area contributed by atoms with Crippen molar-refractivity contribution in [3.05, 3.63) is 0 Å². The van der Waals surface area contributed by atoms with E-state index in [0.717, 1.165) is 0 Å². The first-order valence-electron chi connectivity index (χ1n) is 2.32. The van der Waals surface area contributed by atoms with Gasteiger partial charge in [0.2, 0.25) is 0 Å². The smallest absolute Gasteiger partial charge is 0.394 e. The van der Waals surface area contributed by atoms with Gasteiger partial charge in [-0.05, 0) is 0 Å². The highest BCUT2D eigenvalue weighted by molar-refractivity contribution is 7.85. The summed E-state index contributed by atoms with van der Waals surface area (Å²) >= 11 is 0. The second-order valence-corrected chi connectivity index (χ2v) is 3.93. The quantitative estimate of drug-likeness (QED) is 0.402. The molecule has 0 aromatic heterocycles. The molecule has 0 fully saturated rings. The number of hydrogen-bond acceptors (Lipinski definition) is 5. The van der Waals surface area contributed by atoms with E-state index in [9.17, 15) is 8.42 Å². The molecule has 10 heteroatoms. The average Bonchev–Trinajstić information content (AvgIpc) is 1.54. The van der Waals surface area contributed by atoms with Gasteiger partial charge in [0.25, 0.3) is 10.1 Å². The average molecular weight is 224 g/mol. The maximum absolute atomic E-state index is 9.63. The fourth-order valence-electron chi connectivity index (χ4n) is 0.115. The van der Waals surface area contributed by atoms with Crippen LogP contribution in [0.2, 0.25) is 0 Å². The van der Waals surface area contributed by atoms with E-state index in [0.29, 0.717) is 0 Å². The van der Waals surface area contributed by atoms with Crippen LogP contribution in [0, 0.1) is 0 Å². The van der Waals surface area contributed by atoms with Crippen LogP contribution in [-0.2, 0) is 20.5 Å². The van der Waals surface area contributed by atoms with Crippen LogP contribution in [0.25, 0.3) is 0 Å². The highest BCUT2D eigenvalue weighted by atomic mass is 32.3. The first-order chi connectivity index (χ1) is 5.06. The van der Waals surface area contributed by atoms with E-state index in [1.807, 2.05) is 0 Å². The summed E-state index contributed by atoms with van der Waals surface area (Å²) < 4.78 is 58.7. The first kappa shape index (κ1) is 14.3. The third kappa shape index (κ3) is 53.2. The summed E-state index contributed by atoms with van der Waals surface area (Å²) in [6, 6.07) is 0. The molecule has 0 amide bonds. The summed E-state index contributed by atoms with van der Waals surface area (Å²) in [4.78, 5) is 0. The molecule has 0 aliphatic rings. The van der Waals surface area contributed by atoms with Gasteiger partial charge in [0, 0.05) is 0 Å². The van der Waals surface area contributed by atoms with Crippen molar-refractivity contribution in [1.82, 2.24) is 0 Å². The van der Waals surface area contributed by atoms with E-state index in [4.69, 9.17) is 27.2 Å². The molecule has 0 aliphatic heterocycles. The molecule has 0 heterocycles. The van der Waals surface area contributed by atoms with Crippen molar-refractivity contribution < 1.29 is 35.6 Å². The third-order valence-electron chi connectivity index (χ3n) is 0.349. The van der Waals surface area contributed by atoms with E-state index in [-0.39, 0.29) is 0 Å². The molecule has 0 saturated heterocycles. The monoisotopic (exact) mass is 224 g/mol. The summed E-state index contributed by atoms with van der Waals surface area (Å²) in [7, 11) is -8.59. The van der Waals surface area contributed by atoms with Crippen LogP contribution in [0.15, 0.2) is 0 Å². The van der Waals surface area contributed by atoms with E-state index in [1.165, 1.54) is 0 Å². The summed E-state index contributed by atoms with van der Waals surface area (Å²) in [5, 5.41) is 7.86. The fraction of sp³-hybridized carbons (Fsp3) is 1.00. The highest BCUT2D eigenvalue weighted by Crippen LogP contribution is 1.75. The molecular weight excluding hydrogens is 216 g/mol. The molecule has 76 valence electrons. The van der Waals surface area contributed by atoms with Gasteiger partial charge in [0.05, 0.1) is 12.4 Å². The standard InChI is InChI=1S/C2H6O4S.H2O4S/c3-1-2-7(4,5)6;1-5(2,3)4/h3H,1-2H2,(H,4,5,6);(H2,1,2,3,4). The maximum Gasteiger partial charge on any atom is 0.394 e. The predicted molar refractivity (Wildman–Crippen MR) is 37.7 cm³/mol. The van der Waals surface area contributed by atoms with E-state index >= 15 is 0 Å². The Labute approximate surface area is 69.2 Å². The van der Waals surface area contributed by atoms with Crippen molar-refractivity contribution in [2.24, 2.45) is 0 Å². The van der Waals surface area contributed by atoms with Gasteiger partial charge in [0.1, 0.15) is 0 Å². The summed E-state index contributed by atoms with van der Waals surface area (Å²) in [6.45, 7) is -0.529. The Bertz CT molecular complexity index is 275. The number of rotatable bonds is 2. The minimum absolute atomic E-state index is 0.529. The summed E-state index contributed by atoms with van der Waals surface area (Å²) in [5.74, 6) is -0.576. The molecule has 12 heavy (non-hydrogen) atoms. The van der Waals surface area contributed by atoms with Crippen LogP contribution in [0.4, 0.5) is 0 Å². The number of aliphatic hydroxyl groups is 1. The van der Waals surface area contributed by atoms with Gasteiger partial charge in [-0.25, -0.2) is 0 Å². The van der Waals surface area contributed by atoms with Crippen LogP contribution >= 0.6 is 0 Å². The molecule has 0 spiro atoms. The van der Waals surface area contributed by atoms with Crippen molar-refractivity contribution >= 4 is 20.5 Å². The zero-order valence-corrected chi connectivity index (χ0v) is 7.29. The van der Waals surface area contributed by atoms with Crippen molar-refractivity contribution in [3.63, 3.8) is 0 Å². The van der Waals surface area contributed by atoms with Gasteiger partial charge in [-0.2, -0.15) is 16.8 Å². The Balaban J connectivity index is 0. The molecule has 0 aliphatic carbocycles. The van der Waals surface area contributed by atoms with Crippen LogP contribution < -0.4 is 0 Å². The lowest BCUT2D eigenvalue weighted by atomic mass is 10.9. The first-order valence-corrected chi connectivity index (χ1v) is 5.33. The van der Waals surface area contributed by atoms with Crippen LogP contribution in [0.3, 0.4) is 0 Å². The molecule has 0 aromatic rings. The van der Waals surface area contributed by atoms with Crippen molar-refractivity contribution in [3.8, 4) is 0 Å². The minimum atomic E-state index is -4.67. The van der Waals surface area contributed by atoms with E-state index in [2.05, 4.69) is 0 Å². The van der Waals surface area contributed by atoms with Crippen molar-refractivity contribution in [2.75, 3.05) is 12.4 Å². The zero-order chi connectivity index (χ0) is 10.4. The minimum Gasteiger partial charge on any atom is -0.395 e. The molecular formula is C2H8O8S2.